The Morgan fingerprint density at radius 1 is 1.33 bits per heavy atom. The van der Waals surface area contributed by atoms with Crippen molar-refractivity contribution in [3.05, 3.63) is 0 Å². The van der Waals surface area contributed by atoms with Gasteiger partial charge in [0.15, 0.2) is 5.96 Å². The van der Waals surface area contributed by atoms with Crippen LogP contribution in [-0.2, 0) is 4.79 Å². The summed E-state index contributed by atoms with van der Waals surface area (Å²) in [5, 5.41) is 3.01. The highest BCUT2D eigenvalue weighted by atomic mass is 16.2. The predicted molar refractivity (Wildman–Crippen MR) is 87.9 cm³/mol. The zero-order valence-corrected chi connectivity index (χ0v) is 13.6. The number of piperidine rings is 1. The quantitative estimate of drug-likeness (QED) is 0.302. The van der Waals surface area contributed by atoms with Crippen molar-refractivity contribution in [3.8, 4) is 0 Å². The average Bonchev–Trinajstić information content (AvgIpc) is 2.47. The summed E-state index contributed by atoms with van der Waals surface area (Å²) in [5.41, 5.74) is 16.3. The fourth-order valence-electron chi connectivity index (χ4n) is 2.11. The second-order valence-electron chi connectivity index (χ2n) is 5.14. The number of guanidine groups is 1. The standard InChI is InChI=1S/C12H26N6O.C2H6/c1-18-7-4-9(5-8-18)17-11(19)10(13)3-2-6-16-12(14)15;1-2/h9-10H,2-8,13H2,1H3,(H,17,19)(H4,14,15,16);1-2H3/t10-;/m0./s1. The van der Waals surface area contributed by atoms with E-state index in [0.717, 1.165) is 25.9 Å². The van der Waals surface area contributed by atoms with Gasteiger partial charge in [-0.05, 0) is 45.8 Å². The Kier molecular flexibility index (Phi) is 10.6. The molecule has 1 aliphatic heterocycles. The zero-order valence-electron chi connectivity index (χ0n) is 13.6. The monoisotopic (exact) mass is 300 g/mol. The fourth-order valence-corrected chi connectivity index (χ4v) is 2.11. The summed E-state index contributed by atoms with van der Waals surface area (Å²) in [6.07, 6.45) is 3.28. The second-order valence-corrected chi connectivity index (χ2v) is 5.14. The maximum atomic E-state index is 11.9. The average molecular weight is 300 g/mol. The molecule has 0 aromatic rings. The summed E-state index contributed by atoms with van der Waals surface area (Å²) >= 11 is 0. The molecular formula is C14H32N6O. The third-order valence-electron chi connectivity index (χ3n) is 3.37. The molecule has 1 atom stereocenters. The molecule has 0 bridgehead atoms. The second kappa shape index (κ2) is 11.3. The van der Waals surface area contributed by atoms with Crippen molar-refractivity contribution in [3.63, 3.8) is 0 Å². The van der Waals surface area contributed by atoms with Crippen molar-refractivity contribution in [2.24, 2.45) is 22.2 Å². The van der Waals surface area contributed by atoms with Crippen molar-refractivity contribution in [1.29, 1.82) is 0 Å². The highest BCUT2D eigenvalue weighted by Crippen LogP contribution is 2.08. The Morgan fingerprint density at radius 2 is 1.90 bits per heavy atom. The molecule has 0 aromatic heterocycles. The predicted octanol–water partition coefficient (Wildman–Crippen LogP) is -0.396. The molecule has 0 aliphatic carbocycles. The van der Waals surface area contributed by atoms with Gasteiger partial charge in [0.05, 0.1) is 6.04 Å². The van der Waals surface area contributed by atoms with Crippen LogP contribution in [0.25, 0.3) is 0 Å². The minimum Gasteiger partial charge on any atom is -0.370 e. The van der Waals surface area contributed by atoms with Gasteiger partial charge in [-0.1, -0.05) is 13.8 Å². The molecule has 7 heteroatoms. The summed E-state index contributed by atoms with van der Waals surface area (Å²) in [4.78, 5) is 18.0. The molecule has 7 N–H and O–H groups in total. The summed E-state index contributed by atoms with van der Waals surface area (Å²) in [5.74, 6) is 0.00333. The third-order valence-corrected chi connectivity index (χ3v) is 3.37. The van der Waals surface area contributed by atoms with Gasteiger partial charge in [-0.3, -0.25) is 9.79 Å². The molecule has 0 aromatic carbocycles. The van der Waals surface area contributed by atoms with Crippen LogP contribution in [0, 0.1) is 0 Å². The van der Waals surface area contributed by atoms with E-state index >= 15 is 0 Å². The van der Waals surface area contributed by atoms with E-state index in [4.69, 9.17) is 17.2 Å². The highest BCUT2D eigenvalue weighted by molar-refractivity contribution is 5.81. The van der Waals surface area contributed by atoms with Gasteiger partial charge >= 0.3 is 0 Å². The number of aliphatic imine (C=N–C) groups is 1. The molecule has 0 spiro atoms. The van der Waals surface area contributed by atoms with E-state index in [1.165, 1.54) is 0 Å². The lowest BCUT2D eigenvalue weighted by molar-refractivity contribution is -0.123. The summed E-state index contributed by atoms with van der Waals surface area (Å²) < 4.78 is 0. The van der Waals surface area contributed by atoms with Gasteiger partial charge in [-0.25, -0.2) is 0 Å². The number of rotatable bonds is 6. The van der Waals surface area contributed by atoms with Gasteiger partial charge in [-0.2, -0.15) is 0 Å². The largest absolute Gasteiger partial charge is 0.370 e. The smallest absolute Gasteiger partial charge is 0.237 e. The molecule has 1 aliphatic rings. The lowest BCUT2D eigenvalue weighted by Crippen LogP contribution is -2.49. The van der Waals surface area contributed by atoms with Gasteiger partial charge in [0.1, 0.15) is 0 Å². The molecule has 1 fully saturated rings. The number of amides is 1. The Balaban J connectivity index is 0.00000191. The first-order chi connectivity index (χ1) is 9.99. The molecule has 1 saturated heterocycles. The summed E-state index contributed by atoms with van der Waals surface area (Å²) in [7, 11) is 2.09. The molecule has 7 nitrogen and oxygen atoms in total. The van der Waals surface area contributed by atoms with Crippen LogP contribution in [0.5, 0.6) is 0 Å². The number of nitrogens with two attached hydrogens (primary N) is 3. The van der Waals surface area contributed by atoms with E-state index in [1.54, 1.807) is 0 Å². The van der Waals surface area contributed by atoms with E-state index in [-0.39, 0.29) is 17.9 Å². The summed E-state index contributed by atoms with van der Waals surface area (Å²) in [6, 6.07) is -0.221. The third kappa shape index (κ3) is 9.25. The Labute approximate surface area is 128 Å². The van der Waals surface area contributed by atoms with Crippen molar-refractivity contribution in [2.75, 3.05) is 26.7 Å². The lowest BCUT2D eigenvalue weighted by Gasteiger charge is -2.30. The number of nitrogens with one attached hydrogen (secondary N) is 1. The van der Waals surface area contributed by atoms with Gasteiger partial charge in [0.25, 0.3) is 0 Å². The zero-order chi connectivity index (χ0) is 16.3. The van der Waals surface area contributed by atoms with Crippen LogP contribution < -0.4 is 22.5 Å². The van der Waals surface area contributed by atoms with E-state index in [1.807, 2.05) is 13.8 Å². The molecule has 0 unspecified atom stereocenters. The number of hydrogen-bond donors (Lipinski definition) is 4. The van der Waals surface area contributed by atoms with E-state index in [9.17, 15) is 4.79 Å². The topological polar surface area (TPSA) is 123 Å². The minimum absolute atomic E-state index is 0.0701. The summed E-state index contributed by atoms with van der Waals surface area (Å²) in [6.45, 7) is 6.55. The molecule has 0 radical (unpaired) electrons. The first-order valence-corrected chi connectivity index (χ1v) is 7.79. The maximum absolute atomic E-state index is 11.9. The number of nitrogens with zero attached hydrogens (tertiary/aromatic N) is 2. The van der Waals surface area contributed by atoms with Gasteiger partial charge < -0.3 is 27.4 Å². The molecular weight excluding hydrogens is 268 g/mol. The Morgan fingerprint density at radius 3 is 2.43 bits per heavy atom. The van der Waals surface area contributed by atoms with Crippen molar-refractivity contribution in [1.82, 2.24) is 10.2 Å². The SMILES string of the molecule is CC.CN1CCC(NC(=O)[C@@H](N)CCCN=C(N)N)CC1. The van der Waals surface area contributed by atoms with Crippen LogP contribution in [0.1, 0.15) is 39.5 Å². The number of carbonyl (C=O) groups is 1. The molecule has 0 saturated carbocycles. The molecule has 1 amide bonds. The highest BCUT2D eigenvalue weighted by Gasteiger charge is 2.21. The Bertz CT molecular complexity index is 309. The van der Waals surface area contributed by atoms with Crippen LogP contribution >= 0.6 is 0 Å². The lowest BCUT2D eigenvalue weighted by atomic mass is 10.0. The van der Waals surface area contributed by atoms with Crippen molar-refractivity contribution < 1.29 is 4.79 Å². The van der Waals surface area contributed by atoms with Crippen LogP contribution in [0.4, 0.5) is 0 Å². The molecule has 1 rings (SSSR count). The first kappa shape index (κ1) is 19.7. The van der Waals surface area contributed by atoms with Gasteiger partial charge in [0.2, 0.25) is 5.91 Å². The van der Waals surface area contributed by atoms with Gasteiger partial charge in [-0.15, -0.1) is 0 Å². The molecule has 21 heavy (non-hydrogen) atoms. The number of carbonyl (C=O) groups excluding carboxylic acids is 1. The first-order valence-electron chi connectivity index (χ1n) is 7.79. The maximum Gasteiger partial charge on any atom is 0.237 e. The number of hydrogen-bond acceptors (Lipinski definition) is 4. The van der Waals surface area contributed by atoms with Crippen LogP contribution in [0.3, 0.4) is 0 Å². The van der Waals surface area contributed by atoms with Gasteiger partial charge in [0, 0.05) is 12.6 Å². The van der Waals surface area contributed by atoms with E-state index in [0.29, 0.717) is 19.4 Å². The normalized spacial score (nSPS) is 17.3. The van der Waals surface area contributed by atoms with Crippen LogP contribution in [-0.4, -0.2) is 55.5 Å². The fraction of sp³-hybridized carbons (Fsp3) is 0.857. The van der Waals surface area contributed by atoms with Crippen LogP contribution in [0.2, 0.25) is 0 Å². The molecule has 1 heterocycles. The van der Waals surface area contributed by atoms with E-state index in [2.05, 4.69) is 22.3 Å². The number of likely N-dealkylation sites (tertiary alicyclic amines) is 1. The van der Waals surface area contributed by atoms with Crippen molar-refractivity contribution >= 4 is 11.9 Å². The van der Waals surface area contributed by atoms with Crippen molar-refractivity contribution in [2.45, 2.75) is 51.6 Å². The van der Waals surface area contributed by atoms with Crippen LogP contribution in [0.15, 0.2) is 4.99 Å². The minimum atomic E-state index is -0.478. The Hall–Kier alpha value is -1.34. The van der Waals surface area contributed by atoms with E-state index < -0.39 is 6.04 Å². The molecule has 124 valence electrons.